The predicted octanol–water partition coefficient (Wildman–Crippen LogP) is 3.89. The SMILES string of the molecule is CC(Cl)(Cl)CC=C(Cl)Cl. The molecule has 0 aromatic carbocycles. The minimum Gasteiger partial charge on any atom is -0.102 e. The van der Waals surface area contributed by atoms with Crippen molar-refractivity contribution in [1.29, 1.82) is 0 Å². The molecule has 0 aliphatic carbocycles. The van der Waals surface area contributed by atoms with Crippen molar-refractivity contribution in [2.75, 3.05) is 0 Å². The lowest BCUT2D eigenvalue weighted by Crippen LogP contribution is -2.02. The lowest BCUT2D eigenvalue weighted by atomic mass is 10.3. The summed E-state index contributed by atoms with van der Waals surface area (Å²) in [5.74, 6) is 0. The van der Waals surface area contributed by atoms with Gasteiger partial charge in [-0.2, -0.15) is 0 Å². The highest BCUT2D eigenvalue weighted by molar-refractivity contribution is 6.56. The summed E-state index contributed by atoms with van der Waals surface area (Å²) in [4.78, 5) is 0. The van der Waals surface area contributed by atoms with E-state index in [4.69, 9.17) is 46.4 Å². The fourth-order valence-corrected chi connectivity index (χ4v) is 0.565. The molecule has 0 N–H and O–H groups in total. The van der Waals surface area contributed by atoms with E-state index in [-0.39, 0.29) is 4.49 Å². The molecule has 0 saturated heterocycles. The van der Waals surface area contributed by atoms with E-state index in [1.54, 1.807) is 13.0 Å². The molecule has 0 aliphatic heterocycles. The van der Waals surface area contributed by atoms with Gasteiger partial charge >= 0.3 is 0 Å². The van der Waals surface area contributed by atoms with E-state index < -0.39 is 4.33 Å². The topological polar surface area (TPSA) is 0 Å². The van der Waals surface area contributed by atoms with E-state index in [2.05, 4.69) is 0 Å². The van der Waals surface area contributed by atoms with E-state index in [0.29, 0.717) is 6.42 Å². The Balaban J connectivity index is 3.64. The standard InChI is InChI=1S/C5H6Cl4/c1-5(8,9)3-2-4(6)7/h2H,3H2,1H3. The number of hydrogen-bond acceptors (Lipinski definition) is 0. The van der Waals surface area contributed by atoms with Crippen molar-refractivity contribution in [3.63, 3.8) is 0 Å². The maximum Gasteiger partial charge on any atom is 0.119 e. The number of halogens is 4. The number of hydrogen-bond donors (Lipinski definition) is 0. The first kappa shape index (κ1) is 9.90. The molecule has 0 bridgehead atoms. The van der Waals surface area contributed by atoms with Gasteiger partial charge < -0.3 is 0 Å². The molecule has 0 unspecified atom stereocenters. The van der Waals surface area contributed by atoms with Crippen LogP contribution in [0.1, 0.15) is 13.3 Å². The zero-order chi connectivity index (χ0) is 7.49. The van der Waals surface area contributed by atoms with Crippen LogP contribution in [0.2, 0.25) is 0 Å². The molecule has 54 valence electrons. The van der Waals surface area contributed by atoms with Crippen molar-refractivity contribution in [1.82, 2.24) is 0 Å². The molecule has 0 aromatic rings. The number of alkyl halides is 2. The molecule has 9 heavy (non-hydrogen) atoms. The Morgan fingerprint density at radius 2 is 1.89 bits per heavy atom. The van der Waals surface area contributed by atoms with E-state index in [1.165, 1.54) is 0 Å². The van der Waals surface area contributed by atoms with Crippen LogP contribution in [0.5, 0.6) is 0 Å². The van der Waals surface area contributed by atoms with Gasteiger partial charge in [0, 0.05) is 6.42 Å². The first-order valence-electron chi connectivity index (χ1n) is 2.31. The molecule has 0 fully saturated rings. The third-order valence-electron chi connectivity index (χ3n) is 0.615. The lowest BCUT2D eigenvalue weighted by molar-refractivity contribution is 0.883. The minimum atomic E-state index is -0.769. The first-order chi connectivity index (χ1) is 3.92. The third kappa shape index (κ3) is 8.90. The smallest absolute Gasteiger partial charge is 0.102 e. The summed E-state index contributed by atoms with van der Waals surface area (Å²) >= 11 is 21.7. The summed E-state index contributed by atoms with van der Waals surface area (Å²) in [5, 5.41) is 0. The second-order valence-corrected chi connectivity index (χ2v) is 4.64. The summed E-state index contributed by atoms with van der Waals surface area (Å²) in [6.07, 6.45) is 2.02. The summed E-state index contributed by atoms with van der Waals surface area (Å²) < 4.78 is -0.572. The van der Waals surface area contributed by atoms with E-state index in [1.807, 2.05) is 0 Å². The highest BCUT2D eigenvalue weighted by Gasteiger charge is 2.13. The van der Waals surface area contributed by atoms with Gasteiger partial charge in [-0.05, 0) is 6.92 Å². The van der Waals surface area contributed by atoms with Crippen molar-refractivity contribution in [3.8, 4) is 0 Å². The van der Waals surface area contributed by atoms with E-state index in [9.17, 15) is 0 Å². The molecule has 0 radical (unpaired) electrons. The van der Waals surface area contributed by atoms with Gasteiger partial charge in [-0.3, -0.25) is 0 Å². The van der Waals surface area contributed by atoms with Gasteiger partial charge in [0.2, 0.25) is 0 Å². The van der Waals surface area contributed by atoms with Gasteiger partial charge in [0.05, 0.1) is 0 Å². The molecule has 0 saturated carbocycles. The van der Waals surface area contributed by atoms with Crippen molar-refractivity contribution < 1.29 is 0 Å². The Bertz CT molecular complexity index is 107. The molecule has 0 spiro atoms. The van der Waals surface area contributed by atoms with Crippen LogP contribution >= 0.6 is 46.4 Å². The van der Waals surface area contributed by atoms with Crippen molar-refractivity contribution in [2.45, 2.75) is 17.7 Å². The number of rotatable bonds is 2. The number of allylic oxidation sites excluding steroid dienone is 1. The van der Waals surface area contributed by atoms with Gasteiger partial charge in [-0.25, -0.2) is 0 Å². The zero-order valence-corrected chi connectivity index (χ0v) is 7.82. The molecule has 0 aliphatic rings. The average molecular weight is 208 g/mol. The quantitative estimate of drug-likeness (QED) is 0.603. The molecule has 0 amide bonds. The van der Waals surface area contributed by atoms with Gasteiger partial charge in [0.1, 0.15) is 8.82 Å². The summed E-state index contributed by atoms with van der Waals surface area (Å²) in [7, 11) is 0. The van der Waals surface area contributed by atoms with Crippen LogP contribution in [0.3, 0.4) is 0 Å². The maximum absolute atomic E-state index is 5.58. The van der Waals surface area contributed by atoms with Gasteiger partial charge in [-0.1, -0.05) is 29.3 Å². The van der Waals surface area contributed by atoms with Gasteiger partial charge in [-0.15, -0.1) is 23.2 Å². The lowest BCUT2D eigenvalue weighted by Gasteiger charge is -2.07. The molecular weight excluding hydrogens is 202 g/mol. The summed E-state index contributed by atoms with van der Waals surface area (Å²) in [6, 6.07) is 0. The molecule has 0 heterocycles. The van der Waals surface area contributed by atoms with Crippen LogP contribution in [-0.4, -0.2) is 4.33 Å². The van der Waals surface area contributed by atoms with Crippen molar-refractivity contribution in [2.24, 2.45) is 0 Å². The largest absolute Gasteiger partial charge is 0.119 e. The fourth-order valence-electron chi connectivity index (χ4n) is 0.256. The van der Waals surface area contributed by atoms with E-state index >= 15 is 0 Å². The van der Waals surface area contributed by atoms with Crippen LogP contribution in [0.4, 0.5) is 0 Å². The van der Waals surface area contributed by atoms with Crippen molar-refractivity contribution >= 4 is 46.4 Å². The Morgan fingerprint density at radius 1 is 1.44 bits per heavy atom. The zero-order valence-electron chi connectivity index (χ0n) is 4.80. The van der Waals surface area contributed by atoms with E-state index in [0.717, 1.165) is 0 Å². The molecule has 0 atom stereocenters. The van der Waals surface area contributed by atoms with Crippen molar-refractivity contribution in [3.05, 3.63) is 10.6 Å². The maximum atomic E-state index is 5.58. The first-order valence-corrected chi connectivity index (χ1v) is 3.82. The Kier molecular flexibility index (Phi) is 4.31. The molecule has 0 aromatic heterocycles. The summed E-state index contributed by atoms with van der Waals surface area (Å²) in [6.45, 7) is 1.67. The van der Waals surface area contributed by atoms with Gasteiger partial charge in [0.15, 0.2) is 0 Å². The molecule has 0 nitrogen and oxygen atoms in total. The highest BCUT2D eigenvalue weighted by atomic mass is 35.5. The van der Waals surface area contributed by atoms with Crippen LogP contribution in [-0.2, 0) is 0 Å². The van der Waals surface area contributed by atoms with Gasteiger partial charge in [0.25, 0.3) is 0 Å². The second-order valence-electron chi connectivity index (χ2n) is 1.77. The average Bonchev–Trinajstić information content (AvgIpc) is 1.59. The fraction of sp³-hybridized carbons (Fsp3) is 0.600. The predicted molar refractivity (Wildman–Crippen MR) is 44.5 cm³/mol. The Morgan fingerprint density at radius 3 is 2.00 bits per heavy atom. The Hall–Kier alpha value is 0.900. The molecule has 4 heteroatoms. The molecule has 0 rings (SSSR count). The highest BCUT2D eigenvalue weighted by Crippen LogP contribution is 2.25. The van der Waals surface area contributed by atoms with Crippen LogP contribution in [0.25, 0.3) is 0 Å². The molecular formula is C5H6Cl4. The monoisotopic (exact) mass is 206 g/mol. The third-order valence-corrected chi connectivity index (χ3v) is 1.23. The van der Waals surface area contributed by atoms with Crippen LogP contribution < -0.4 is 0 Å². The minimum absolute atomic E-state index is 0.197. The van der Waals surface area contributed by atoms with Crippen LogP contribution in [0.15, 0.2) is 10.6 Å². The van der Waals surface area contributed by atoms with Crippen LogP contribution in [0, 0.1) is 0 Å². The normalized spacial score (nSPS) is 11.2. The summed E-state index contributed by atoms with van der Waals surface area (Å²) in [5.41, 5.74) is 0. The second kappa shape index (κ2) is 3.92. The Labute approximate surface area is 74.7 Å².